The van der Waals surface area contributed by atoms with Gasteiger partial charge in [-0.25, -0.2) is 0 Å². The van der Waals surface area contributed by atoms with Gasteiger partial charge in [0.05, 0.1) is 11.1 Å². The van der Waals surface area contributed by atoms with Crippen LogP contribution in [0, 0.1) is 6.92 Å². The Bertz CT molecular complexity index is 431. The predicted octanol–water partition coefficient (Wildman–Crippen LogP) is 3.85. The van der Waals surface area contributed by atoms with Crippen LogP contribution in [0.25, 0.3) is 0 Å². The zero-order valence-electron chi connectivity index (χ0n) is 10.6. The van der Waals surface area contributed by atoms with Crippen LogP contribution in [0.3, 0.4) is 0 Å². The molecule has 0 saturated heterocycles. The Balaban J connectivity index is 3.08. The van der Waals surface area contributed by atoms with E-state index in [2.05, 4.69) is 15.9 Å². The Morgan fingerprint density at radius 1 is 1.47 bits per heavy atom. The molecule has 1 rings (SSSR count). The molecule has 1 aromatic rings. The number of aryl methyl sites for hydroxylation is 1. The predicted molar refractivity (Wildman–Crippen MR) is 75.8 cm³/mol. The van der Waals surface area contributed by atoms with Crippen molar-refractivity contribution in [2.24, 2.45) is 0 Å². The molecule has 17 heavy (non-hydrogen) atoms. The lowest BCUT2D eigenvalue weighted by Crippen LogP contribution is -2.46. The van der Waals surface area contributed by atoms with E-state index in [1.165, 1.54) is 0 Å². The van der Waals surface area contributed by atoms with E-state index in [0.717, 1.165) is 10.0 Å². The lowest BCUT2D eigenvalue weighted by atomic mass is 10.0. The second-order valence-corrected chi connectivity index (χ2v) is 5.92. The molecule has 0 aliphatic heterocycles. The summed E-state index contributed by atoms with van der Waals surface area (Å²) in [7, 11) is 1.78. The third-order valence-corrected chi connectivity index (χ3v) is 4.24. The molecule has 0 spiro atoms. The standard InChI is InChI=1S/C13H17BrClNO/c1-9-5-6-11(14)10(7-9)12(17)16(4)13(2,3)8-15/h5-7H,8H2,1-4H3. The van der Waals surface area contributed by atoms with Gasteiger partial charge in [-0.3, -0.25) is 4.79 Å². The molecule has 1 aromatic carbocycles. The molecule has 0 aliphatic rings. The van der Waals surface area contributed by atoms with Crippen LogP contribution in [0.4, 0.5) is 0 Å². The third kappa shape index (κ3) is 3.23. The van der Waals surface area contributed by atoms with Crippen molar-refractivity contribution in [1.29, 1.82) is 0 Å². The Morgan fingerprint density at radius 3 is 2.59 bits per heavy atom. The summed E-state index contributed by atoms with van der Waals surface area (Å²) in [4.78, 5) is 14.0. The van der Waals surface area contributed by atoms with Crippen molar-refractivity contribution in [2.75, 3.05) is 12.9 Å². The van der Waals surface area contributed by atoms with Gasteiger partial charge in [0.15, 0.2) is 0 Å². The van der Waals surface area contributed by atoms with Gasteiger partial charge in [-0.15, -0.1) is 11.6 Å². The van der Waals surface area contributed by atoms with Gasteiger partial charge in [-0.1, -0.05) is 11.6 Å². The minimum atomic E-state index is -0.359. The molecule has 0 atom stereocenters. The normalized spacial score (nSPS) is 11.4. The minimum absolute atomic E-state index is 0.0220. The molecule has 0 bridgehead atoms. The molecular weight excluding hydrogens is 302 g/mol. The van der Waals surface area contributed by atoms with Gasteiger partial charge in [0.1, 0.15) is 0 Å². The van der Waals surface area contributed by atoms with E-state index >= 15 is 0 Å². The lowest BCUT2D eigenvalue weighted by molar-refractivity contribution is 0.0659. The van der Waals surface area contributed by atoms with Gasteiger partial charge >= 0.3 is 0 Å². The number of carbonyl (C=O) groups excluding carboxylic acids is 1. The van der Waals surface area contributed by atoms with Crippen molar-refractivity contribution < 1.29 is 4.79 Å². The van der Waals surface area contributed by atoms with Crippen LogP contribution in [0.2, 0.25) is 0 Å². The number of amides is 1. The first kappa shape index (κ1) is 14.5. The Kier molecular flexibility index (Phi) is 4.62. The van der Waals surface area contributed by atoms with Gasteiger partial charge in [-0.2, -0.15) is 0 Å². The van der Waals surface area contributed by atoms with Crippen LogP contribution < -0.4 is 0 Å². The van der Waals surface area contributed by atoms with Gasteiger partial charge in [-0.05, 0) is 48.8 Å². The maximum Gasteiger partial charge on any atom is 0.255 e. The zero-order valence-corrected chi connectivity index (χ0v) is 12.9. The van der Waals surface area contributed by atoms with Crippen molar-refractivity contribution in [1.82, 2.24) is 4.90 Å². The third-order valence-electron chi connectivity index (χ3n) is 2.89. The van der Waals surface area contributed by atoms with Gasteiger partial charge in [0.25, 0.3) is 5.91 Å². The average Bonchev–Trinajstić information content (AvgIpc) is 2.30. The van der Waals surface area contributed by atoms with E-state index in [1.54, 1.807) is 11.9 Å². The highest BCUT2D eigenvalue weighted by molar-refractivity contribution is 9.10. The maximum absolute atomic E-state index is 12.4. The first-order valence-corrected chi connectivity index (χ1v) is 6.72. The monoisotopic (exact) mass is 317 g/mol. The van der Waals surface area contributed by atoms with Crippen molar-refractivity contribution in [3.63, 3.8) is 0 Å². The van der Waals surface area contributed by atoms with Crippen LogP contribution >= 0.6 is 27.5 Å². The Morgan fingerprint density at radius 2 is 2.06 bits per heavy atom. The summed E-state index contributed by atoms with van der Waals surface area (Å²) >= 11 is 9.29. The van der Waals surface area contributed by atoms with E-state index in [0.29, 0.717) is 11.4 Å². The number of alkyl halides is 1. The number of hydrogen-bond donors (Lipinski definition) is 0. The molecule has 0 N–H and O–H groups in total. The summed E-state index contributed by atoms with van der Waals surface area (Å²) in [6.07, 6.45) is 0. The quantitative estimate of drug-likeness (QED) is 0.775. The van der Waals surface area contributed by atoms with Gasteiger partial charge < -0.3 is 4.90 Å². The molecule has 94 valence electrons. The fraction of sp³-hybridized carbons (Fsp3) is 0.462. The SMILES string of the molecule is Cc1ccc(Br)c(C(=O)N(C)C(C)(C)CCl)c1. The van der Waals surface area contributed by atoms with Crippen molar-refractivity contribution in [3.05, 3.63) is 33.8 Å². The van der Waals surface area contributed by atoms with Crippen LogP contribution in [0.5, 0.6) is 0 Å². The number of nitrogens with zero attached hydrogens (tertiary/aromatic N) is 1. The first-order valence-electron chi connectivity index (χ1n) is 5.40. The molecule has 0 radical (unpaired) electrons. The molecular formula is C13H17BrClNO. The highest BCUT2D eigenvalue weighted by atomic mass is 79.9. The largest absolute Gasteiger partial charge is 0.335 e. The molecule has 0 fully saturated rings. The van der Waals surface area contributed by atoms with Gasteiger partial charge in [0.2, 0.25) is 0 Å². The molecule has 0 unspecified atom stereocenters. The smallest absolute Gasteiger partial charge is 0.255 e. The number of rotatable bonds is 3. The second-order valence-electron chi connectivity index (χ2n) is 4.79. The average molecular weight is 319 g/mol. The maximum atomic E-state index is 12.4. The fourth-order valence-electron chi connectivity index (χ4n) is 1.35. The topological polar surface area (TPSA) is 20.3 Å². The summed E-state index contributed by atoms with van der Waals surface area (Å²) in [5, 5.41) is 0. The van der Waals surface area contributed by atoms with Gasteiger partial charge in [0, 0.05) is 17.4 Å². The summed E-state index contributed by atoms with van der Waals surface area (Å²) in [5.41, 5.74) is 1.38. The lowest BCUT2D eigenvalue weighted by Gasteiger charge is -2.34. The van der Waals surface area contributed by atoms with Crippen LogP contribution in [-0.4, -0.2) is 29.3 Å². The highest BCUT2D eigenvalue weighted by Gasteiger charge is 2.28. The zero-order chi connectivity index (χ0) is 13.2. The van der Waals surface area contributed by atoms with E-state index in [1.807, 2.05) is 39.0 Å². The van der Waals surface area contributed by atoms with E-state index in [-0.39, 0.29) is 11.4 Å². The molecule has 0 aromatic heterocycles. The summed E-state index contributed by atoms with van der Waals surface area (Å²) in [6.45, 7) is 5.86. The summed E-state index contributed by atoms with van der Waals surface area (Å²) < 4.78 is 0.810. The van der Waals surface area contributed by atoms with Crippen molar-refractivity contribution in [2.45, 2.75) is 26.3 Å². The highest BCUT2D eigenvalue weighted by Crippen LogP contribution is 2.23. The minimum Gasteiger partial charge on any atom is -0.335 e. The van der Waals surface area contributed by atoms with Crippen LogP contribution in [0.1, 0.15) is 29.8 Å². The second kappa shape index (κ2) is 5.40. The number of hydrogen-bond acceptors (Lipinski definition) is 1. The van der Waals surface area contributed by atoms with Crippen LogP contribution in [0.15, 0.2) is 22.7 Å². The summed E-state index contributed by atoms with van der Waals surface area (Å²) in [5.74, 6) is 0.379. The first-order chi connectivity index (χ1) is 7.79. The van der Waals surface area contributed by atoms with Crippen LogP contribution in [-0.2, 0) is 0 Å². The molecule has 0 heterocycles. The molecule has 1 amide bonds. The van der Waals surface area contributed by atoms with Crippen molar-refractivity contribution in [3.8, 4) is 0 Å². The number of halogens is 2. The summed E-state index contributed by atoms with van der Waals surface area (Å²) in [6, 6.07) is 5.74. The molecule has 2 nitrogen and oxygen atoms in total. The molecule has 0 aliphatic carbocycles. The van der Waals surface area contributed by atoms with E-state index in [4.69, 9.17) is 11.6 Å². The Hall–Kier alpha value is -0.540. The fourth-order valence-corrected chi connectivity index (χ4v) is 1.94. The Labute approximate surface area is 116 Å². The van der Waals surface area contributed by atoms with Crippen molar-refractivity contribution >= 4 is 33.4 Å². The number of carbonyl (C=O) groups is 1. The van der Waals surface area contributed by atoms with E-state index in [9.17, 15) is 4.79 Å². The molecule has 0 saturated carbocycles. The number of benzene rings is 1. The molecule has 4 heteroatoms. The van der Waals surface area contributed by atoms with E-state index < -0.39 is 0 Å².